The number of rotatable bonds is 6. The Morgan fingerprint density at radius 1 is 1.33 bits per heavy atom. The Kier molecular flexibility index (Phi) is 6.48. The molecule has 142 valence electrons. The Morgan fingerprint density at radius 2 is 2.04 bits per heavy atom. The number of carboxylic acids is 1. The molecular weight excluding hydrogens is 362 g/mol. The maximum atomic E-state index is 10.6. The molecular formula is C21H24ClN3O2. The number of aromatic nitrogens is 1. The molecule has 0 radical (unpaired) electrons. The fourth-order valence-corrected chi connectivity index (χ4v) is 3.43. The van der Waals surface area contributed by atoms with Gasteiger partial charge in [0.1, 0.15) is 5.82 Å². The molecule has 2 N–H and O–H groups in total. The van der Waals surface area contributed by atoms with E-state index in [1.165, 1.54) is 17.2 Å². The molecule has 1 aromatic carbocycles. The molecule has 0 amide bonds. The molecule has 0 spiro atoms. The predicted molar refractivity (Wildman–Crippen MR) is 109 cm³/mol. The number of anilines is 1. The van der Waals surface area contributed by atoms with Crippen LogP contribution in [0.1, 0.15) is 29.5 Å². The Bertz CT molecular complexity index is 813. The Labute approximate surface area is 164 Å². The number of aryl methyl sites for hydroxylation is 1. The smallest absolute Gasteiger partial charge is 0.328 e. The van der Waals surface area contributed by atoms with E-state index in [1.807, 2.05) is 0 Å². The van der Waals surface area contributed by atoms with Crippen molar-refractivity contribution in [1.82, 2.24) is 9.88 Å². The number of benzene rings is 1. The number of carboxylic acid groups (broad SMARTS) is 1. The highest BCUT2D eigenvalue weighted by Gasteiger charge is 2.20. The number of hydrogen-bond acceptors (Lipinski definition) is 4. The van der Waals surface area contributed by atoms with Gasteiger partial charge >= 0.3 is 5.97 Å². The first kappa shape index (κ1) is 19.4. The quantitative estimate of drug-likeness (QED) is 0.729. The molecule has 1 aliphatic heterocycles. The van der Waals surface area contributed by atoms with E-state index in [0.717, 1.165) is 38.6 Å². The average molecular weight is 386 g/mol. The standard InChI is InChI=1S/C21H24ClN3O2/c1-15-2-4-16(5-3-15)14-25-10-8-18(9-11-25)24-21-19(22)12-17(13-23-21)6-7-20(26)27/h2-7,12-13,18H,8-11,14H2,1H3,(H,23,24)(H,26,27)/b7-6+. The highest BCUT2D eigenvalue weighted by atomic mass is 35.5. The topological polar surface area (TPSA) is 65.5 Å². The van der Waals surface area contributed by atoms with Gasteiger partial charge in [-0.15, -0.1) is 0 Å². The number of aliphatic carboxylic acids is 1. The summed E-state index contributed by atoms with van der Waals surface area (Å²) in [6.07, 6.45) is 6.24. The van der Waals surface area contributed by atoms with Crippen LogP contribution in [0.5, 0.6) is 0 Å². The molecule has 1 fully saturated rings. The molecule has 0 aliphatic carbocycles. The van der Waals surface area contributed by atoms with Crippen LogP contribution in [-0.2, 0) is 11.3 Å². The van der Waals surface area contributed by atoms with Crippen LogP contribution in [0.4, 0.5) is 5.82 Å². The summed E-state index contributed by atoms with van der Waals surface area (Å²) in [4.78, 5) is 17.4. The molecule has 1 saturated heterocycles. The Hall–Kier alpha value is -2.37. The molecule has 1 aliphatic rings. The van der Waals surface area contributed by atoms with Gasteiger partial charge in [-0.1, -0.05) is 41.4 Å². The van der Waals surface area contributed by atoms with Gasteiger partial charge < -0.3 is 10.4 Å². The van der Waals surface area contributed by atoms with Crippen LogP contribution in [-0.4, -0.2) is 40.1 Å². The molecule has 1 aromatic heterocycles. The molecule has 0 saturated carbocycles. The number of likely N-dealkylation sites (tertiary alicyclic amines) is 1. The van der Waals surface area contributed by atoms with Crippen molar-refractivity contribution in [3.8, 4) is 0 Å². The molecule has 0 unspecified atom stereocenters. The molecule has 6 heteroatoms. The summed E-state index contributed by atoms with van der Waals surface area (Å²) in [7, 11) is 0. The van der Waals surface area contributed by atoms with E-state index in [1.54, 1.807) is 12.3 Å². The van der Waals surface area contributed by atoms with Gasteiger partial charge in [0, 0.05) is 37.9 Å². The lowest BCUT2D eigenvalue weighted by Gasteiger charge is -2.32. The van der Waals surface area contributed by atoms with Gasteiger partial charge in [-0.05, 0) is 43.0 Å². The monoisotopic (exact) mass is 385 g/mol. The van der Waals surface area contributed by atoms with Crippen molar-refractivity contribution in [2.45, 2.75) is 32.4 Å². The van der Waals surface area contributed by atoms with Crippen molar-refractivity contribution < 1.29 is 9.90 Å². The van der Waals surface area contributed by atoms with Crippen LogP contribution < -0.4 is 5.32 Å². The largest absolute Gasteiger partial charge is 0.478 e. The van der Waals surface area contributed by atoms with Crippen LogP contribution in [0.15, 0.2) is 42.6 Å². The number of carbonyl (C=O) groups is 1. The second-order valence-electron chi connectivity index (χ2n) is 6.95. The summed E-state index contributed by atoms with van der Waals surface area (Å²) in [5.74, 6) is -0.341. The van der Waals surface area contributed by atoms with Crippen LogP contribution in [0.2, 0.25) is 5.02 Å². The third-order valence-electron chi connectivity index (χ3n) is 4.74. The van der Waals surface area contributed by atoms with E-state index in [0.29, 0.717) is 22.4 Å². The molecule has 27 heavy (non-hydrogen) atoms. The molecule has 2 aromatic rings. The first-order valence-corrected chi connectivity index (χ1v) is 9.48. The zero-order valence-electron chi connectivity index (χ0n) is 15.4. The lowest BCUT2D eigenvalue weighted by atomic mass is 10.0. The van der Waals surface area contributed by atoms with E-state index in [9.17, 15) is 4.79 Å². The minimum Gasteiger partial charge on any atom is -0.478 e. The summed E-state index contributed by atoms with van der Waals surface area (Å²) in [5, 5.41) is 12.6. The lowest BCUT2D eigenvalue weighted by molar-refractivity contribution is -0.131. The van der Waals surface area contributed by atoms with Gasteiger partial charge in [0.05, 0.1) is 5.02 Å². The second kappa shape index (κ2) is 9.02. The molecule has 3 rings (SSSR count). The van der Waals surface area contributed by atoms with E-state index in [2.05, 4.69) is 46.4 Å². The van der Waals surface area contributed by atoms with Crippen LogP contribution >= 0.6 is 11.6 Å². The van der Waals surface area contributed by atoms with Gasteiger partial charge in [0.15, 0.2) is 0 Å². The minimum absolute atomic E-state index is 0.338. The normalized spacial score (nSPS) is 15.9. The number of nitrogens with zero attached hydrogens (tertiary/aromatic N) is 2. The summed E-state index contributed by atoms with van der Waals surface area (Å²) in [6.45, 7) is 5.15. The van der Waals surface area contributed by atoms with Crippen molar-refractivity contribution in [1.29, 1.82) is 0 Å². The average Bonchev–Trinajstić information content (AvgIpc) is 2.65. The molecule has 5 nitrogen and oxygen atoms in total. The summed E-state index contributed by atoms with van der Waals surface area (Å²) in [6, 6.07) is 10.8. The van der Waals surface area contributed by atoms with Crippen molar-refractivity contribution in [3.63, 3.8) is 0 Å². The third-order valence-corrected chi connectivity index (χ3v) is 5.02. The zero-order valence-corrected chi connectivity index (χ0v) is 16.1. The fraction of sp³-hybridized carbons (Fsp3) is 0.333. The van der Waals surface area contributed by atoms with Gasteiger partial charge in [0.25, 0.3) is 0 Å². The number of halogens is 1. The first-order chi connectivity index (χ1) is 13.0. The molecule has 0 atom stereocenters. The van der Waals surface area contributed by atoms with Gasteiger partial charge in [0.2, 0.25) is 0 Å². The van der Waals surface area contributed by atoms with Crippen molar-refractivity contribution >= 4 is 29.5 Å². The van der Waals surface area contributed by atoms with Crippen LogP contribution in [0, 0.1) is 6.92 Å². The minimum atomic E-state index is -0.995. The Morgan fingerprint density at radius 3 is 2.67 bits per heavy atom. The van der Waals surface area contributed by atoms with Crippen molar-refractivity contribution in [3.05, 3.63) is 64.3 Å². The van der Waals surface area contributed by atoms with Crippen LogP contribution in [0.3, 0.4) is 0 Å². The van der Waals surface area contributed by atoms with E-state index in [-0.39, 0.29) is 0 Å². The first-order valence-electron chi connectivity index (χ1n) is 9.10. The predicted octanol–water partition coefficient (Wildman–Crippen LogP) is 4.22. The third kappa shape index (κ3) is 5.81. The second-order valence-corrected chi connectivity index (χ2v) is 7.36. The zero-order chi connectivity index (χ0) is 19.2. The summed E-state index contributed by atoms with van der Waals surface area (Å²) < 4.78 is 0. The number of nitrogens with one attached hydrogen (secondary N) is 1. The van der Waals surface area contributed by atoms with Crippen LogP contribution in [0.25, 0.3) is 6.08 Å². The maximum absolute atomic E-state index is 10.6. The highest BCUT2D eigenvalue weighted by Crippen LogP contribution is 2.24. The molecule has 0 bridgehead atoms. The highest BCUT2D eigenvalue weighted by molar-refractivity contribution is 6.33. The summed E-state index contributed by atoms with van der Waals surface area (Å²) >= 11 is 6.30. The van der Waals surface area contributed by atoms with E-state index in [4.69, 9.17) is 16.7 Å². The Balaban J connectivity index is 1.51. The van der Waals surface area contributed by atoms with Gasteiger partial charge in [-0.25, -0.2) is 9.78 Å². The van der Waals surface area contributed by atoms with E-state index < -0.39 is 5.97 Å². The SMILES string of the molecule is Cc1ccc(CN2CCC(Nc3ncc(/C=C/C(=O)O)cc3Cl)CC2)cc1. The number of pyridine rings is 1. The maximum Gasteiger partial charge on any atom is 0.328 e. The number of piperidine rings is 1. The number of hydrogen-bond donors (Lipinski definition) is 2. The lowest BCUT2D eigenvalue weighted by Crippen LogP contribution is -2.38. The fourth-order valence-electron chi connectivity index (χ4n) is 3.20. The van der Waals surface area contributed by atoms with Crippen molar-refractivity contribution in [2.75, 3.05) is 18.4 Å². The molecule has 2 heterocycles. The van der Waals surface area contributed by atoms with E-state index >= 15 is 0 Å². The summed E-state index contributed by atoms with van der Waals surface area (Å²) in [5.41, 5.74) is 3.30. The van der Waals surface area contributed by atoms with Gasteiger partial charge in [-0.3, -0.25) is 4.90 Å². The van der Waals surface area contributed by atoms with Crippen molar-refractivity contribution in [2.24, 2.45) is 0 Å². The van der Waals surface area contributed by atoms with Gasteiger partial charge in [-0.2, -0.15) is 0 Å².